The van der Waals surface area contributed by atoms with Crippen molar-refractivity contribution in [2.45, 2.75) is 46.0 Å². The van der Waals surface area contributed by atoms with Crippen molar-refractivity contribution in [1.82, 2.24) is 9.80 Å². The number of hydrogen-bond donors (Lipinski definition) is 0. The number of carbonyl (C=O) groups is 1. The molecule has 1 heterocycles. The molecule has 0 spiro atoms. The third-order valence-electron chi connectivity index (χ3n) is 4.66. The standard InChI is InChI=1S/C19H30N2O/c1-3-4-5-8-11-20-12-14-21(15-13-20)19(22)16-18-10-7-6-9-17(18)2/h6-7,9-10H,3-5,8,11-16H2,1-2H3. The molecule has 1 aromatic carbocycles. The molecule has 0 bridgehead atoms. The van der Waals surface area contributed by atoms with E-state index in [4.69, 9.17) is 0 Å². The predicted octanol–water partition coefficient (Wildman–Crippen LogP) is 3.26. The Balaban J connectivity index is 1.72. The van der Waals surface area contributed by atoms with Gasteiger partial charge in [0.15, 0.2) is 0 Å². The normalized spacial score (nSPS) is 16.0. The summed E-state index contributed by atoms with van der Waals surface area (Å²) >= 11 is 0. The fraction of sp³-hybridized carbons (Fsp3) is 0.632. The van der Waals surface area contributed by atoms with Crippen molar-refractivity contribution in [3.63, 3.8) is 0 Å². The smallest absolute Gasteiger partial charge is 0.227 e. The second-order valence-corrected chi connectivity index (χ2v) is 6.39. The molecule has 1 aliphatic heterocycles. The molecule has 1 aromatic rings. The van der Waals surface area contributed by atoms with Gasteiger partial charge in [0.2, 0.25) is 5.91 Å². The van der Waals surface area contributed by atoms with E-state index in [1.54, 1.807) is 0 Å². The van der Waals surface area contributed by atoms with E-state index < -0.39 is 0 Å². The summed E-state index contributed by atoms with van der Waals surface area (Å²) in [5.74, 6) is 0.278. The fourth-order valence-electron chi connectivity index (χ4n) is 3.07. The maximum absolute atomic E-state index is 12.4. The topological polar surface area (TPSA) is 23.6 Å². The highest BCUT2D eigenvalue weighted by Crippen LogP contribution is 2.11. The van der Waals surface area contributed by atoms with Crippen LogP contribution in [0.3, 0.4) is 0 Å². The van der Waals surface area contributed by atoms with Crippen molar-refractivity contribution < 1.29 is 4.79 Å². The third-order valence-corrected chi connectivity index (χ3v) is 4.66. The number of nitrogens with zero attached hydrogens (tertiary/aromatic N) is 2. The lowest BCUT2D eigenvalue weighted by atomic mass is 10.1. The Morgan fingerprint density at radius 3 is 2.45 bits per heavy atom. The quantitative estimate of drug-likeness (QED) is 0.722. The first kappa shape index (κ1) is 17.0. The molecule has 0 radical (unpaired) electrons. The minimum absolute atomic E-state index is 0.278. The highest BCUT2D eigenvalue weighted by Gasteiger charge is 2.21. The van der Waals surface area contributed by atoms with E-state index in [0.717, 1.165) is 31.7 Å². The minimum Gasteiger partial charge on any atom is -0.340 e. The third kappa shape index (κ3) is 5.13. The van der Waals surface area contributed by atoms with E-state index in [2.05, 4.69) is 30.9 Å². The van der Waals surface area contributed by atoms with Crippen LogP contribution in [0, 0.1) is 6.92 Å². The largest absolute Gasteiger partial charge is 0.340 e. The molecule has 1 fully saturated rings. The predicted molar refractivity (Wildman–Crippen MR) is 92.0 cm³/mol. The van der Waals surface area contributed by atoms with Crippen LogP contribution in [0.2, 0.25) is 0 Å². The number of benzene rings is 1. The van der Waals surface area contributed by atoms with Gasteiger partial charge in [0.05, 0.1) is 6.42 Å². The Bertz CT molecular complexity index is 464. The van der Waals surface area contributed by atoms with Crippen molar-refractivity contribution in [3.8, 4) is 0 Å². The van der Waals surface area contributed by atoms with Crippen molar-refractivity contribution in [3.05, 3.63) is 35.4 Å². The fourth-order valence-corrected chi connectivity index (χ4v) is 3.07. The number of piperazine rings is 1. The Hall–Kier alpha value is -1.35. The SMILES string of the molecule is CCCCCCN1CCN(C(=O)Cc2ccccc2C)CC1. The first-order chi connectivity index (χ1) is 10.7. The molecule has 122 valence electrons. The number of carbonyl (C=O) groups excluding carboxylic acids is 1. The van der Waals surface area contributed by atoms with E-state index in [0.29, 0.717) is 6.42 Å². The van der Waals surface area contributed by atoms with Crippen LogP contribution >= 0.6 is 0 Å². The molecule has 0 saturated carbocycles. The minimum atomic E-state index is 0.278. The van der Waals surface area contributed by atoms with Gasteiger partial charge in [-0.2, -0.15) is 0 Å². The van der Waals surface area contributed by atoms with Crippen LogP contribution in [0.15, 0.2) is 24.3 Å². The first-order valence-electron chi connectivity index (χ1n) is 8.75. The Morgan fingerprint density at radius 2 is 1.77 bits per heavy atom. The molecule has 0 unspecified atom stereocenters. The number of amides is 1. The molecule has 3 nitrogen and oxygen atoms in total. The number of rotatable bonds is 7. The van der Waals surface area contributed by atoms with Gasteiger partial charge in [0.25, 0.3) is 0 Å². The first-order valence-corrected chi connectivity index (χ1v) is 8.75. The highest BCUT2D eigenvalue weighted by molar-refractivity contribution is 5.79. The molecule has 1 saturated heterocycles. The van der Waals surface area contributed by atoms with Crippen molar-refractivity contribution in [2.24, 2.45) is 0 Å². The lowest BCUT2D eigenvalue weighted by molar-refractivity contribution is -0.132. The van der Waals surface area contributed by atoms with Crippen LogP contribution < -0.4 is 0 Å². The second kappa shape index (κ2) is 8.94. The summed E-state index contributed by atoms with van der Waals surface area (Å²) in [4.78, 5) is 17.0. The molecule has 1 aliphatic rings. The van der Waals surface area contributed by atoms with Gasteiger partial charge in [-0.25, -0.2) is 0 Å². The molecule has 2 rings (SSSR count). The molecule has 0 aromatic heterocycles. The maximum Gasteiger partial charge on any atom is 0.227 e. The highest BCUT2D eigenvalue weighted by atomic mass is 16.2. The molecule has 0 aliphatic carbocycles. The van der Waals surface area contributed by atoms with Crippen LogP contribution in [0.25, 0.3) is 0 Å². The zero-order valence-electron chi connectivity index (χ0n) is 14.2. The average molecular weight is 302 g/mol. The lowest BCUT2D eigenvalue weighted by Gasteiger charge is -2.35. The zero-order valence-corrected chi connectivity index (χ0v) is 14.2. The van der Waals surface area contributed by atoms with Crippen LogP contribution in [0.4, 0.5) is 0 Å². The van der Waals surface area contributed by atoms with Gasteiger partial charge in [-0.3, -0.25) is 9.69 Å². The Labute approximate surface area is 135 Å². The summed E-state index contributed by atoms with van der Waals surface area (Å²) in [7, 11) is 0. The summed E-state index contributed by atoms with van der Waals surface area (Å²) in [5.41, 5.74) is 2.37. The molecule has 0 atom stereocenters. The maximum atomic E-state index is 12.4. The Morgan fingerprint density at radius 1 is 1.05 bits per heavy atom. The molecule has 0 N–H and O–H groups in total. The zero-order chi connectivity index (χ0) is 15.8. The summed E-state index contributed by atoms with van der Waals surface area (Å²) in [5, 5.41) is 0. The Kier molecular flexibility index (Phi) is 6.91. The van der Waals surface area contributed by atoms with Crippen molar-refractivity contribution in [1.29, 1.82) is 0 Å². The molecule has 3 heteroatoms. The van der Waals surface area contributed by atoms with Crippen molar-refractivity contribution in [2.75, 3.05) is 32.7 Å². The van der Waals surface area contributed by atoms with E-state index in [-0.39, 0.29) is 5.91 Å². The number of unbranched alkanes of at least 4 members (excludes halogenated alkanes) is 3. The second-order valence-electron chi connectivity index (χ2n) is 6.39. The molecular weight excluding hydrogens is 272 g/mol. The summed E-state index contributed by atoms with van der Waals surface area (Å²) in [6.45, 7) is 9.36. The van der Waals surface area contributed by atoms with Gasteiger partial charge < -0.3 is 4.90 Å². The summed E-state index contributed by atoms with van der Waals surface area (Å²) < 4.78 is 0. The van der Waals surface area contributed by atoms with Crippen LogP contribution in [-0.4, -0.2) is 48.4 Å². The van der Waals surface area contributed by atoms with Crippen LogP contribution in [0.1, 0.15) is 43.7 Å². The van der Waals surface area contributed by atoms with E-state index in [1.165, 1.54) is 37.8 Å². The summed E-state index contributed by atoms with van der Waals surface area (Å²) in [6, 6.07) is 8.19. The monoisotopic (exact) mass is 302 g/mol. The van der Waals surface area contributed by atoms with Crippen molar-refractivity contribution >= 4 is 5.91 Å². The van der Waals surface area contributed by atoms with E-state index in [9.17, 15) is 4.79 Å². The molecule has 1 amide bonds. The van der Waals surface area contributed by atoms with Gasteiger partial charge in [-0.15, -0.1) is 0 Å². The summed E-state index contributed by atoms with van der Waals surface area (Å²) in [6.07, 6.45) is 5.81. The van der Waals surface area contributed by atoms with Gasteiger partial charge in [-0.1, -0.05) is 50.5 Å². The van der Waals surface area contributed by atoms with Gasteiger partial charge >= 0.3 is 0 Å². The lowest BCUT2D eigenvalue weighted by Crippen LogP contribution is -2.49. The van der Waals surface area contributed by atoms with Gasteiger partial charge in [0, 0.05) is 26.2 Å². The van der Waals surface area contributed by atoms with Gasteiger partial charge in [0.1, 0.15) is 0 Å². The van der Waals surface area contributed by atoms with E-state index in [1.807, 2.05) is 17.0 Å². The van der Waals surface area contributed by atoms with Gasteiger partial charge in [-0.05, 0) is 31.0 Å². The van der Waals surface area contributed by atoms with Crippen LogP contribution in [0.5, 0.6) is 0 Å². The molecule has 22 heavy (non-hydrogen) atoms. The molecular formula is C19H30N2O. The van der Waals surface area contributed by atoms with Crippen LogP contribution in [-0.2, 0) is 11.2 Å². The van der Waals surface area contributed by atoms with E-state index >= 15 is 0 Å². The average Bonchev–Trinajstić information content (AvgIpc) is 2.54. The number of hydrogen-bond acceptors (Lipinski definition) is 2. The number of aryl methyl sites for hydroxylation is 1.